The van der Waals surface area contributed by atoms with Crippen molar-refractivity contribution in [2.75, 3.05) is 0 Å². The van der Waals surface area contributed by atoms with E-state index in [0.29, 0.717) is 0 Å². The molecule has 0 aromatic heterocycles. The number of allylic oxidation sites excluding steroid dienone is 1. The molecule has 0 spiro atoms. The number of aliphatic hydroxyl groups is 1. The van der Waals surface area contributed by atoms with Crippen LogP contribution in [-0.4, -0.2) is 17.0 Å². The van der Waals surface area contributed by atoms with E-state index in [1.54, 1.807) is 19.9 Å². The van der Waals surface area contributed by atoms with Gasteiger partial charge in [0.2, 0.25) is 0 Å². The molecule has 0 amide bonds. The monoisotopic (exact) mass is 127 g/mol. The Morgan fingerprint density at radius 3 is 2.44 bits per heavy atom. The predicted molar refractivity (Wildman–Crippen MR) is 35.8 cm³/mol. The summed E-state index contributed by atoms with van der Waals surface area (Å²) in [7, 11) is 0. The van der Waals surface area contributed by atoms with Crippen LogP contribution in [0.2, 0.25) is 0 Å². The fourth-order valence-corrected chi connectivity index (χ4v) is 0.427. The number of hydrogen-bond acceptors (Lipinski definition) is 2. The van der Waals surface area contributed by atoms with Gasteiger partial charge in [-0.2, -0.15) is 0 Å². The van der Waals surface area contributed by atoms with Gasteiger partial charge in [-0.15, -0.1) is 0 Å². The zero-order valence-electron chi connectivity index (χ0n) is 5.66. The first kappa shape index (κ1) is 8.37. The van der Waals surface area contributed by atoms with Crippen LogP contribution >= 0.6 is 0 Å². The average Bonchev–Trinajstić information content (AvgIpc) is 1.87. The third-order valence-electron chi connectivity index (χ3n) is 0.938. The molecular formula is C7H11O2. The van der Waals surface area contributed by atoms with E-state index in [1.165, 1.54) is 12.5 Å². The normalized spacial score (nSPS) is 14.1. The summed E-state index contributed by atoms with van der Waals surface area (Å²) in [4.78, 5) is 10.6. The smallest absolute Gasteiger partial charge is 0.184 e. The molecule has 0 fully saturated rings. The van der Waals surface area contributed by atoms with Crippen LogP contribution in [0.15, 0.2) is 12.2 Å². The van der Waals surface area contributed by atoms with Crippen LogP contribution in [-0.2, 0) is 4.79 Å². The molecule has 0 heterocycles. The summed E-state index contributed by atoms with van der Waals surface area (Å²) in [6.45, 7) is 3.38. The molecule has 0 rings (SSSR count). The molecule has 0 aromatic carbocycles. The SMILES string of the molecule is C[CH]C(O)C(=O)C=CC. The molecular weight excluding hydrogens is 116 g/mol. The van der Waals surface area contributed by atoms with Crippen molar-refractivity contribution >= 4 is 5.78 Å². The van der Waals surface area contributed by atoms with Crippen molar-refractivity contribution in [2.45, 2.75) is 20.0 Å². The Hall–Kier alpha value is -0.630. The van der Waals surface area contributed by atoms with E-state index >= 15 is 0 Å². The highest BCUT2D eigenvalue weighted by Gasteiger charge is 2.06. The van der Waals surface area contributed by atoms with Crippen LogP contribution in [0.3, 0.4) is 0 Å². The maximum absolute atomic E-state index is 10.6. The molecule has 2 nitrogen and oxygen atoms in total. The predicted octanol–water partition coefficient (Wildman–Crippen LogP) is 0.717. The van der Waals surface area contributed by atoms with Gasteiger partial charge >= 0.3 is 0 Å². The van der Waals surface area contributed by atoms with Crippen molar-refractivity contribution in [1.82, 2.24) is 0 Å². The van der Waals surface area contributed by atoms with Crippen LogP contribution in [0.5, 0.6) is 0 Å². The van der Waals surface area contributed by atoms with Crippen molar-refractivity contribution < 1.29 is 9.90 Å². The van der Waals surface area contributed by atoms with Crippen molar-refractivity contribution in [3.05, 3.63) is 18.6 Å². The maximum atomic E-state index is 10.6. The minimum absolute atomic E-state index is 0.264. The van der Waals surface area contributed by atoms with Gasteiger partial charge < -0.3 is 5.11 Å². The molecule has 0 saturated carbocycles. The molecule has 0 aromatic rings. The van der Waals surface area contributed by atoms with Crippen LogP contribution in [0, 0.1) is 6.42 Å². The molecule has 0 aliphatic heterocycles. The van der Waals surface area contributed by atoms with Gasteiger partial charge in [-0.3, -0.25) is 4.79 Å². The fourth-order valence-electron chi connectivity index (χ4n) is 0.427. The Morgan fingerprint density at radius 1 is 1.56 bits per heavy atom. The quantitative estimate of drug-likeness (QED) is 0.567. The first-order valence-electron chi connectivity index (χ1n) is 2.86. The van der Waals surface area contributed by atoms with Crippen molar-refractivity contribution in [3.63, 3.8) is 0 Å². The first-order valence-corrected chi connectivity index (χ1v) is 2.86. The molecule has 2 heteroatoms. The minimum Gasteiger partial charge on any atom is -0.385 e. The third kappa shape index (κ3) is 3.03. The van der Waals surface area contributed by atoms with Crippen LogP contribution in [0.4, 0.5) is 0 Å². The summed E-state index contributed by atoms with van der Waals surface area (Å²) in [5, 5.41) is 8.80. The number of carbonyl (C=O) groups is 1. The van der Waals surface area contributed by atoms with Gasteiger partial charge in [0.1, 0.15) is 6.10 Å². The molecule has 1 atom stereocenters. The largest absolute Gasteiger partial charge is 0.385 e. The number of ketones is 1. The van der Waals surface area contributed by atoms with Gasteiger partial charge in [-0.25, -0.2) is 0 Å². The molecule has 0 aliphatic carbocycles. The lowest BCUT2D eigenvalue weighted by molar-refractivity contribution is -0.120. The summed E-state index contributed by atoms with van der Waals surface area (Å²) >= 11 is 0. The van der Waals surface area contributed by atoms with E-state index in [2.05, 4.69) is 0 Å². The van der Waals surface area contributed by atoms with E-state index < -0.39 is 6.10 Å². The topological polar surface area (TPSA) is 37.3 Å². The lowest BCUT2D eigenvalue weighted by Crippen LogP contribution is -2.16. The number of aliphatic hydroxyl groups excluding tert-OH is 1. The summed E-state index contributed by atoms with van der Waals surface area (Å²) in [6, 6.07) is 0. The van der Waals surface area contributed by atoms with Crippen molar-refractivity contribution in [1.29, 1.82) is 0 Å². The minimum atomic E-state index is -0.929. The lowest BCUT2D eigenvalue weighted by Gasteiger charge is -1.99. The number of hydrogen-bond donors (Lipinski definition) is 1. The van der Waals surface area contributed by atoms with E-state index in [0.717, 1.165) is 0 Å². The van der Waals surface area contributed by atoms with Crippen molar-refractivity contribution in [2.24, 2.45) is 0 Å². The molecule has 51 valence electrons. The fraction of sp³-hybridized carbons (Fsp3) is 0.429. The molecule has 0 aliphatic rings. The third-order valence-corrected chi connectivity index (χ3v) is 0.938. The summed E-state index contributed by atoms with van der Waals surface area (Å²) < 4.78 is 0. The molecule has 1 N–H and O–H groups in total. The summed E-state index contributed by atoms with van der Waals surface area (Å²) in [5.74, 6) is -0.264. The Bertz CT molecular complexity index is 116. The molecule has 1 unspecified atom stereocenters. The standard InChI is InChI=1S/C7H11O2/c1-3-5-7(9)6(8)4-2/h3-6,8H,1-2H3. The highest BCUT2D eigenvalue weighted by molar-refractivity contribution is 5.94. The average molecular weight is 127 g/mol. The van der Waals surface area contributed by atoms with Gasteiger partial charge in [0.15, 0.2) is 5.78 Å². The second-order valence-corrected chi connectivity index (χ2v) is 1.68. The van der Waals surface area contributed by atoms with E-state index in [9.17, 15) is 4.79 Å². The summed E-state index contributed by atoms with van der Waals surface area (Å²) in [5.41, 5.74) is 0. The highest BCUT2D eigenvalue weighted by Crippen LogP contribution is 1.90. The molecule has 0 bridgehead atoms. The Morgan fingerprint density at radius 2 is 2.11 bits per heavy atom. The van der Waals surface area contributed by atoms with Gasteiger partial charge in [-0.05, 0) is 19.4 Å². The second kappa shape index (κ2) is 4.27. The van der Waals surface area contributed by atoms with Gasteiger partial charge in [0, 0.05) is 0 Å². The van der Waals surface area contributed by atoms with Crippen LogP contribution < -0.4 is 0 Å². The van der Waals surface area contributed by atoms with E-state index in [-0.39, 0.29) is 5.78 Å². The second-order valence-electron chi connectivity index (χ2n) is 1.68. The first-order chi connectivity index (χ1) is 4.22. The number of carbonyl (C=O) groups excluding carboxylic acids is 1. The van der Waals surface area contributed by atoms with E-state index in [4.69, 9.17) is 5.11 Å². The van der Waals surface area contributed by atoms with Crippen LogP contribution in [0.25, 0.3) is 0 Å². The number of rotatable bonds is 3. The Labute approximate surface area is 55.2 Å². The molecule has 1 radical (unpaired) electrons. The maximum Gasteiger partial charge on any atom is 0.184 e. The van der Waals surface area contributed by atoms with Gasteiger partial charge in [0.25, 0.3) is 0 Å². The Balaban J connectivity index is 3.73. The molecule has 9 heavy (non-hydrogen) atoms. The van der Waals surface area contributed by atoms with Gasteiger partial charge in [-0.1, -0.05) is 13.0 Å². The zero-order chi connectivity index (χ0) is 7.28. The van der Waals surface area contributed by atoms with Gasteiger partial charge in [0.05, 0.1) is 0 Å². The van der Waals surface area contributed by atoms with Crippen LogP contribution in [0.1, 0.15) is 13.8 Å². The Kier molecular flexibility index (Phi) is 3.97. The highest BCUT2D eigenvalue weighted by atomic mass is 16.3. The van der Waals surface area contributed by atoms with Crippen molar-refractivity contribution in [3.8, 4) is 0 Å². The van der Waals surface area contributed by atoms with E-state index in [1.807, 2.05) is 0 Å². The zero-order valence-corrected chi connectivity index (χ0v) is 5.66. The molecule has 0 saturated heterocycles. The summed E-state index contributed by atoms with van der Waals surface area (Å²) in [6.07, 6.45) is 3.48. The lowest BCUT2D eigenvalue weighted by atomic mass is 10.2.